The van der Waals surface area contributed by atoms with Crippen molar-refractivity contribution in [1.82, 2.24) is 10.2 Å². The minimum atomic E-state index is -0.390. The second-order valence-electron chi connectivity index (χ2n) is 17.9. The molecular weight excluding hydrogens is 771 g/mol. The van der Waals surface area contributed by atoms with Crippen molar-refractivity contribution >= 4 is 5.91 Å². The average molecular weight is 872 g/mol. The lowest BCUT2D eigenvalue weighted by Crippen LogP contribution is -2.32. The van der Waals surface area contributed by atoms with Crippen LogP contribution in [0.1, 0.15) is 213 Å². The summed E-state index contributed by atoms with van der Waals surface area (Å²) in [4.78, 5) is 14.6. The van der Waals surface area contributed by atoms with Gasteiger partial charge < -0.3 is 34.9 Å². The first-order chi connectivity index (χ1) is 30.5. The molecule has 8 nitrogen and oxygen atoms in total. The van der Waals surface area contributed by atoms with E-state index in [9.17, 15) is 4.79 Å². The van der Waals surface area contributed by atoms with E-state index in [1.165, 1.54) is 141 Å². The van der Waals surface area contributed by atoms with Crippen LogP contribution in [0.5, 0.6) is 0 Å². The summed E-state index contributed by atoms with van der Waals surface area (Å²) >= 11 is 0. The number of nitrogens with one attached hydrogen (secondary N) is 1. The maximum absolute atomic E-state index is 12.2. The first-order valence-electron chi connectivity index (χ1n) is 26.3. The lowest BCUT2D eigenvalue weighted by molar-refractivity contribution is -0.180. The Balaban J connectivity index is 2.33. The number of carbonyl (C=O) groups excluding carboxylic acids is 1. The van der Waals surface area contributed by atoms with Gasteiger partial charge in [0.2, 0.25) is 5.91 Å². The van der Waals surface area contributed by atoms with Crippen molar-refractivity contribution in [2.75, 3.05) is 66.3 Å². The molecule has 1 fully saturated rings. The van der Waals surface area contributed by atoms with E-state index in [4.69, 9.17) is 24.7 Å². The van der Waals surface area contributed by atoms with Crippen LogP contribution in [-0.4, -0.2) is 89.0 Å². The third-order valence-corrected chi connectivity index (χ3v) is 11.9. The first-order valence-corrected chi connectivity index (χ1v) is 26.3. The topological polar surface area (TPSA) is 95.3 Å². The van der Waals surface area contributed by atoms with E-state index in [2.05, 4.69) is 79.7 Å². The summed E-state index contributed by atoms with van der Waals surface area (Å²) < 4.78 is 24.2. The number of hydrogen-bond acceptors (Lipinski definition) is 7. The Labute approximate surface area is 384 Å². The number of nitrogens with two attached hydrogens (primary N) is 1. The number of carbonyl (C=O) groups is 1. The van der Waals surface area contributed by atoms with Gasteiger partial charge in [-0.25, -0.2) is 0 Å². The summed E-state index contributed by atoms with van der Waals surface area (Å²) in [6, 6.07) is 0. The summed E-state index contributed by atoms with van der Waals surface area (Å²) in [6.45, 7) is 10.5. The highest BCUT2D eigenvalue weighted by molar-refractivity contribution is 5.75. The van der Waals surface area contributed by atoms with Crippen molar-refractivity contribution in [2.45, 2.75) is 225 Å². The van der Waals surface area contributed by atoms with Gasteiger partial charge in [0.05, 0.1) is 39.1 Å². The maximum Gasteiger partial charge on any atom is 0.220 e. The molecule has 1 unspecified atom stereocenters. The third-order valence-electron chi connectivity index (χ3n) is 11.9. The van der Waals surface area contributed by atoms with Crippen molar-refractivity contribution in [2.24, 2.45) is 5.73 Å². The number of nitrogens with zero attached hydrogens (tertiary/aromatic N) is 1. The van der Waals surface area contributed by atoms with E-state index in [1.807, 2.05) is 0 Å². The highest BCUT2D eigenvalue weighted by Gasteiger charge is 2.40. The van der Waals surface area contributed by atoms with Gasteiger partial charge in [-0.15, -0.1) is 0 Å². The van der Waals surface area contributed by atoms with Crippen LogP contribution in [0, 0.1) is 0 Å². The SMILES string of the molecule is CCCCC/C=C\C/C=C\CCCCCCCCC1(CCCCCCCC/C=C\C/C=C\CCCCC)OCC(CCN(C)CCCCCC(=O)NCCOCCOCCN)O1. The molecule has 62 heavy (non-hydrogen) atoms. The second kappa shape index (κ2) is 45.7. The lowest BCUT2D eigenvalue weighted by Gasteiger charge is -2.29. The van der Waals surface area contributed by atoms with Gasteiger partial charge in [-0.05, 0) is 110 Å². The molecule has 1 saturated heterocycles. The Morgan fingerprint density at radius 2 is 1.10 bits per heavy atom. The van der Waals surface area contributed by atoms with E-state index in [0.717, 1.165) is 71.1 Å². The Kier molecular flexibility index (Phi) is 42.9. The number of allylic oxidation sites excluding steroid dienone is 8. The Morgan fingerprint density at radius 3 is 1.63 bits per heavy atom. The molecule has 0 aliphatic carbocycles. The minimum absolute atomic E-state index is 0.106. The maximum atomic E-state index is 12.2. The molecule has 1 aliphatic rings. The monoisotopic (exact) mass is 872 g/mol. The average Bonchev–Trinajstić information content (AvgIpc) is 3.68. The number of ether oxygens (including phenoxy) is 4. The van der Waals surface area contributed by atoms with Crippen LogP contribution in [0.4, 0.5) is 0 Å². The smallest absolute Gasteiger partial charge is 0.220 e. The molecule has 1 atom stereocenters. The number of unbranched alkanes of at least 4 members (excludes halogenated alkanes) is 20. The van der Waals surface area contributed by atoms with Crippen LogP contribution in [-0.2, 0) is 23.7 Å². The van der Waals surface area contributed by atoms with Gasteiger partial charge >= 0.3 is 0 Å². The minimum Gasteiger partial charge on any atom is -0.378 e. The van der Waals surface area contributed by atoms with E-state index >= 15 is 0 Å². The van der Waals surface area contributed by atoms with Crippen LogP contribution in [0.15, 0.2) is 48.6 Å². The largest absolute Gasteiger partial charge is 0.378 e. The normalized spacial score (nSPS) is 15.5. The van der Waals surface area contributed by atoms with Gasteiger partial charge in [0.1, 0.15) is 0 Å². The van der Waals surface area contributed by atoms with E-state index in [1.54, 1.807) is 0 Å². The number of amides is 1. The predicted octanol–water partition coefficient (Wildman–Crippen LogP) is 13.5. The van der Waals surface area contributed by atoms with Gasteiger partial charge in [0, 0.05) is 38.9 Å². The standard InChI is InChI=1S/C54H101N3O5/c1-4-6-8-10-12-14-16-18-20-22-24-26-28-30-32-36-41-54(42-37-33-31-29-27-25-23-21-19-17-15-13-11-9-7-5-2)61-51-52(62-54)40-46-57(3)45-38-34-35-39-53(58)56-44-48-60-50-49-59-47-43-55/h12-15,18-21,52H,4-11,16-17,22-51,55H2,1-3H3,(H,56,58)/b14-12-,15-13-,20-18-,21-19-. The summed E-state index contributed by atoms with van der Waals surface area (Å²) in [7, 11) is 2.21. The zero-order valence-electron chi connectivity index (χ0n) is 41.0. The van der Waals surface area contributed by atoms with Crippen LogP contribution in [0.2, 0.25) is 0 Å². The van der Waals surface area contributed by atoms with Crippen molar-refractivity contribution in [3.05, 3.63) is 48.6 Å². The Morgan fingerprint density at radius 1 is 0.613 bits per heavy atom. The van der Waals surface area contributed by atoms with Crippen LogP contribution in [0.25, 0.3) is 0 Å². The van der Waals surface area contributed by atoms with Crippen molar-refractivity contribution in [3.8, 4) is 0 Å². The molecule has 0 aromatic carbocycles. The predicted molar refractivity (Wildman–Crippen MR) is 266 cm³/mol. The zero-order chi connectivity index (χ0) is 44.7. The summed E-state index contributed by atoms with van der Waals surface area (Å²) in [5.74, 6) is -0.284. The van der Waals surface area contributed by atoms with E-state index in [0.29, 0.717) is 45.9 Å². The van der Waals surface area contributed by atoms with Gasteiger partial charge in [0.25, 0.3) is 0 Å². The molecule has 0 aromatic rings. The van der Waals surface area contributed by atoms with Gasteiger partial charge in [-0.3, -0.25) is 4.79 Å². The molecule has 0 bridgehead atoms. The molecule has 362 valence electrons. The van der Waals surface area contributed by atoms with Crippen molar-refractivity contribution in [1.29, 1.82) is 0 Å². The highest BCUT2D eigenvalue weighted by Crippen LogP contribution is 2.35. The van der Waals surface area contributed by atoms with E-state index in [-0.39, 0.29) is 17.8 Å². The molecule has 1 amide bonds. The van der Waals surface area contributed by atoms with E-state index < -0.39 is 0 Å². The van der Waals surface area contributed by atoms with Crippen molar-refractivity contribution < 1.29 is 23.7 Å². The quantitative estimate of drug-likeness (QED) is 0.0464. The zero-order valence-corrected chi connectivity index (χ0v) is 41.0. The fraction of sp³-hybridized carbons (Fsp3) is 0.833. The molecule has 0 spiro atoms. The first kappa shape index (κ1) is 58.2. The molecule has 1 rings (SSSR count). The fourth-order valence-corrected chi connectivity index (χ4v) is 7.99. The molecule has 1 heterocycles. The second-order valence-corrected chi connectivity index (χ2v) is 17.9. The lowest BCUT2D eigenvalue weighted by atomic mass is 9.98. The number of hydrogen-bond donors (Lipinski definition) is 2. The Bertz CT molecular complexity index is 1030. The molecule has 3 N–H and O–H groups in total. The third kappa shape index (κ3) is 38.6. The van der Waals surface area contributed by atoms with Gasteiger partial charge in [-0.1, -0.05) is 146 Å². The highest BCUT2D eigenvalue weighted by atomic mass is 16.7. The molecule has 0 saturated carbocycles. The number of rotatable bonds is 47. The Hall–Kier alpha value is -1.81. The molecular formula is C54H101N3O5. The molecule has 0 radical (unpaired) electrons. The van der Waals surface area contributed by atoms with Crippen LogP contribution in [0.3, 0.4) is 0 Å². The van der Waals surface area contributed by atoms with Gasteiger partial charge in [-0.2, -0.15) is 0 Å². The fourth-order valence-electron chi connectivity index (χ4n) is 7.99. The summed E-state index contributed by atoms with van der Waals surface area (Å²) in [6.07, 6.45) is 56.1. The van der Waals surface area contributed by atoms with Crippen LogP contribution >= 0.6 is 0 Å². The van der Waals surface area contributed by atoms with Gasteiger partial charge in [0.15, 0.2) is 5.79 Å². The summed E-state index contributed by atoms with van der Waals surface area (Å²) in [5.41, 5.74) is 5.41. The molecule has 1 aliphatic heterocycles. The van der Waals surface area contributed by atoms with Crippen molar-refractivity contribution in [3.63, 3.8) is 0 Å². The molecule has 8 heteroatoms. The molecule has 0 aromatic heterocycles. The van der Waals surface area contributed by atoms with Crippen LogP contribution < -0.4 is 11.1 Å². The summed E-state index contributed by atoms with van der Waals surface area (Å²) in [5, 5.41) is 2.95.